The minimum absolute atomic E-state index is 0.0379. The number of hydrogen-bond acceptors (Lipinski definition) is 4. The molecule has 0 radical (unpaired) electrons. The van der Waals surface area contributed by atoms with Crippen molar-refractivity contribution in [3.63, 3.8) is 0 Å². The van der Waals surface area contributed by atoms with E-state index < -0.39 is 26.2 Å². The Morgan fingerprint density at radius 2 is 1.79 bits per heavy atom. The predicted octanol–water partition coefficient (Wildman–Crippen LogP) is 5.58. The van der Waals surface area contributed by atoms with Crippen molar-refractivity contribution in [1.29, 1.82) is 0 Å². The summed E-state index contributed by atoms with van der Waals surface area (Å²) < 4.78 is 54.3. The van der Waals surface area contributed by atoms with Crippen LogP contribution in [0, 0.1) is 17.6 Å². The molecule has 0 aromatic heterocycles. The molecule has 0 amide bonds. The van der Waals surface area contributed by atoms with Crippen molar-refractivity contribution in [1.82, 2.24) is 0 Å². The van der Waals surface area contributed by atoms with Gasteiger partial charge in [0.1, 0.15) is 16.4 Å². The number of hydrogen-bond donors (Lipinski definition) is 0. The smallest absolute Gasteiger partial charge is 0.188 e. The molecule has 28 heavy (non-hydrogen) atoms. The quantitative estimate of drug-likeness (QED) is 0.449. The first-order valence-electron chi connectivity index (χ1n) is 8.79. The molecule has 0 aliphatic heterocycles. The first-order chi connectivity index (χ1) is 13.3. The molecule has 3 nitrogen and oxygen atoms in total. The second-order valence-corrected chi connectivity index (χ2v) is 9.83. The standard InChI is InChI=1S/C20H18ClF2NO2S2/c21-15-1-4-17(5-2-15)28(25,26)20(18-11-16(22)3-6-19(18)23)9-7-14(8-10-20)12-24-13-27/h1-6,11,14H,7-10,12H2. The highest BCUT2D eigenvalue weighted by molar-refractivity contribution is 7.92. The number of aliphatic imine (C=N–C) groups is 1. The number of thiocarbonyl (C=S) groups is 1. The van der Waals surface area contributed by atoms with Crippen LogP contribution in [-0.2, 0) is 14.6 Å². The summed E-state index contributed by atoms with van der Waals surface area (Å²) in [5, 5.41) is 2.71. The van der Waals surface area contributed by atoms with Crippen molar-refractivity contribution in [2.45, 2.75) is 35.3 Å². The monoisotopic (exact) mass is 441 g/mol. The third-order valence-corrected chi connectivity index (χ3v) is 8.32. The van der Waals surface area contributed by atoms with Gasteiger partial charge in [-0.05, 0) is 86.3 Å². The van der Waals surface area contributed by atoms with Crippen molar-refractivity contribution >= 4 is 38.8 Å². The van der Waals surface area contributed by atoms with Gasteiger partial charge >= 0.3 is 0 Å². The Kier molecular flexibility index (Phi) is 6.30. The summed E-state index contributed by atoms with van der Waals surface area (Å²) in [4.78, 5) is 3.98. The van der Waals surface area contributed by atoms with Crippen LogP contribution < -0.4 is 0 Å². The van der Waals surface area contributed by atoms with Gasteiger partial charge < -0.3 is 0 Å². The van der Waals surface area contributed by atoms with Crippen molar-refractivity contribution < 1.29 is 17.2 Å². The molecule has 0 atom stereocenters. The van der Waals surface area contributed by atoms with Crippen LogP contribution in [0.25, 0.3) is 0 Å². The summed E-state index contributed by atoms with van der Waals surface area (Å²) in [6, 6.07) is 8.72. The van der Waals surface area contributed by atoms with E-state index in [-0.39, 0.29) is 29.2 Å². The first-order valence-corrected chi connectivity index (χ1v) is 11.1. The SMILES string of the molecule is O=S(=O)(c1ccc(Cl)cc1)C1(c2cc(F)ccc2F)CCC(CN=C=S)CC1. The van der Waals surface area contributed by atoms with Gasteiger partial charge in [0.05, 0.1) is 16.6 Å². The molecule has 0 bridgehead atoms. The maximum atomic E-state index is 14.7. The van der Waals surface area contributed by atoms with Gasteiger partial charge in [-0.2, -0.15) is 0 Å². The van der Waals surface area contributed by atoms with E-state index in [2.05, 4.69) is 22.4 Å². The Bertz CT molecular complexity index is 1010. The lowest BCUT2D eigenvalue weighted by atomic mass is 9.77. The second-order valence-electron chi connectivity index (χ2n) is 6.95. The van der Waals surface area contributed by atoms with Crippen LogP contribution in [0.1, 0.15) is 31.2 Å². The van der Waals surface area contributed by atoms with Crippen molar-refractivity contribution in [2.75, 3.05) is 6.54 Å². The number of sulfone groups is 1. The minimum atomic E-state index is -4.01. The van der Waals surface area contributed by atoms with Crippen LogP contribution in [0.2, 0.25) is 5.02 Å². The topological polar surface area (TPSA) is 46.5 Å². The summed E-state index contributed by atoms with van der Waals surface area (Å²) in [7, 11) is -4.01. The lowest BCUT2D eigenvalue weighted by molar-refractivity contribution is 0.292. The summed E-state index contributed by atoms with van der Waals surface area (Å²) in [5.74, 6) is -1.27. The molecule has 1 saturated carbocycles. The van der Waals surface area contributed by atoms with Crippen molar-refractivity contribution in [3.05, 3.63) is 64.7 Å². The molecule has 0 unspecified atom stereocenters. The second kappa shape index (κ2) is 8.37. The molecule has 1 aliphatic rings. The predicted molar refractivity (Wildman–Crippen MR) is 109 cm³/mol. The van der Waals surface area contributed by atoms with E-state index in [0.29, 0.717) is 24.4 Å². The van der Waals surface area contributed by atoms with Crippen molar-refractivity contribution in [3.8, 4) is 0 Å². The van der Waals surface area contributed by atoms with Gasteiger partial charge in [0.15, 0.2) is 9.84 Å². The van der Waals surface area contributed by atoms with Crippen LogP contribution in [-0.4, -0.2) is 20.1 Å². The molecule has 2 aromatic rings. The number of halogens is 3. The zero-order valence-electron chi connectivity index (χ0n) is 14.9. The van der Waals surface area contributed by atoms with Crippen LogP contribution >= 0.6 is 23.8 Å². The van der Waals surface area contributed by atoms with Gasteiger partial charge in [0.25, 0.3) is 0 Å². The number of benzene rings is 2. The number of rotatable bonds is 5. The average Bonchev–Trinajstić information content (AvgIpc) is 2.69. The van der Waals surface area contributed by atoms with Crippen LogP contribution in [0.4, 0.5) is 8.78 Å². The maximum Gasteiger partial charge on any atom is 0.188 e. The Labute approximate surface area is 173 Å². The number of nitrogens with zero attached hydrogens (tertiary/aromatic N) is 1. The fraction of sp³-hybridized carbons (Fsp3) is 0.350. The first kappa shape index (κ1) is 21.1. The Balaban J connectivity index is 2.12. The largest absolute Gasteiger partial charge is 0.232 e. The Morgan fingerprint density at radius 3 is 2.39 bits per heavy atom. The van der Waals surface area contributed by atoms with E-state index >= 15 is 0 Å². The van der Waals surface area contributed by atoms with E-state index in [1.165, 1.54) is 24.3 Å². The van der Waals surface area contributed by atoms with Crippen LogP contribution in [0.15, 0.2) is 52.4 Å². The fourth-order valence-corrected chi connectivity index (χ4v) is 6.23. The van der Waals surface area contributed by atoms with Gasteiger partial charge in [-0.25, -0.2) is 22.2 Å². The third-order valence-electron chi connectivity index (χ3n) is 5.38. The molecule has 0 spiro atoms. The molecule has 1 fully saturated rings. The van der Waals surface area contributed by atoms with E-state index in [1.54, 1.807) is 0 Å². The van der Waals surface area contributed by atoms with Gasteiger partial charge in [-0.3, -0.25) is 0 Å². The lowest BCUT2D eigenvalue weighted by Crippen LogP contribution is -2.41. The molecular formula is C20H18ClF2NO2S2. The molecule has 148 valence electrons. The summed E-state index contributed by atoms with van der Waals surface area (Å²) in [6.07, 6.45) is 1.33. The summed E-state index contributed by atoms with van der Waals surface area (Å²) in [5.41, 5.74) is -0.126. The summed E-state index contributed by atoms with van der Waals surface area (Å²) >= 11 is 10.5. The zero-order valence-corrected chi connectivity index (χ0v) is 17.3. The molecule has 3 rings (SSSR count). The van der Waals surface area contributed by atoms with Crippen LogP contribution in [0.5, 0.6) is 0 Å². The molecule has 0 N–H and O–H groups in total. The maximum absolute atomic E-state index is 14.7. The van der Waals surface area contributed by atoms with Gasteiger partial charge in [0.2, 0.25) is 0 Å². The van der Waals surface area contributed by atoms with Crippen molar-refractivity contribution in [2.24, 2.45) is 10.9 Å². The molecule has 1 aliphatic carbocycles. The molecule has 0 heterocycles. The van der Waals surface area contributed by atoms with Gasteiger partial charge in [-0.15, -0.1) is 0 Å². The molecule has 2 aromatic carbocycles. The highest BCUT2D eigenvalue weighted by atomic mass is 35.5. The van der Waals surface area contributed by atoms with E-state index in [4.69, 9.17) is 11.6 Å². The lowest BCUT2D eigenvalue weighted by Gasteiger charge is -2.40. The zero-order chi connectivity index (χ0) is 20.4. The highest BCUT2D eigenvalue weighted by Gasteiger charge is 2.49. The average molecular weight is 442 g/mol. The van der Waals surface area contributed by atoms with Gasteiger partial charge in [-0.1, -0.05) is 11.6 Å². The van der Waals surface area contributed by atoms with E-state index in [9.17, 15) is 17.2 Å². The van der Waals surface area contributed by atoms with Gasteiger partial charge in [0, 0.05) is 10.6 Å². The summed E-state index contributed by atoms with van der Waals surface area (Å²) in [6.45, 7) is 0.451. The molecule has 8 heteroatoms. The Hall–Kier alpha value is -1.66. The van der Waals surface area contributed by atoms with Crippen LogP contribution in [0.3, 0.4) is 0 Å². The Morgan fingerprint density at radius 1 is 1.14 bits per heavy atom. The number of isothiocyanates is 1. The third kappa shape index (κ3) is 3.90. The van der Waals surface area contributed by atoms with E-state index in [1.807, 2.05) is 0 Å². The molecule has 0 saturated heterocycles. The fourth-order valence-electron chi connectivity index (χ4n) is 3.86. The highest BCUT2D eigenvalue weighted by Crippen LogP contribution is 2.49. The minimum Gasteiger partial charge on any atom is -0.232 e. The van der Waals surface area contributed by atoms with E-state index in [0.717, 1.165) is 18.2 Å². The normalized spacial score (nSPS) is 22.5. The molecular weight excluding hydrogens is 424 g/mol.